The maximum atomic E-state index is 11.5. The number of nitrogens with one attached hydrogen (secondary N) is 1. The molecule has 0 aromatic heterocycles. The molecule has 6 heteroatoms. The van der Waals surface area contributed by atoms with Crippen molar-refractivity contribution >= 4 is 11.8 Å². The Balaban J connectivity index is 2.70. The minimum absolute atomic E-state index is 0.0000966. The molecular weight excluding hydrogens is 212 g/mol. The summed E-state index contributed by atoms with van der Waals surface area (Å²) in [7, 11) is 0. The van der Waals surface area contributed by atoms with Crippen LogP contribution in [0.2, 0.25) is 0 Å². The molecule has 0 heterocycles. The van der Waals surface area contributed by atoms with Gasteiger partial charge >= 0.3 is 0 Å². The van der Waals surface area contributed by atoms with Crippen molar-refractivity contribution in [1.29, 1.82) is 0 Å². The van der Waals surface area contributed by atoms with E-state index in [1.165, 1.54) is 18.2 Å². The Kier molecular flexibility index (Phi) is 3.71. The third-order valence-electron chi connectivity index (χ3n) is 1.90. The Hall–Kier alpha value is -2.24. The molecule has 1 aromatic carbocycles. The molecule has 0 aliphatic heterocycles. The SMILES string of the molecule is NC(=O)CCNC(=O)c1c(O)cccc1O. The molecule has 0 saturated carbocycles. The van der Waals surface area contributed by atoms with E-state index in [9.17, 15) is 19.8 Å². The number of benzene rings is 1. The second-order valence-corrected chi connectivity index (χ2v) is 3.14. The molecule has 5 N–H and O–H groups in total. The van der Waals surface area contributed by atoms with Gasteiger partial charge in [-0.25, -0.2) is 0 Å². The molecule has 0 aliphatic carbocycles. The topological polar surface area (TPSA) is 113 Å². The van der Waals surface area contributed by atoms with Gasteiger partial charge in [-0.2, -0.15) is 0 Å². The molecule has 0 saturated heterocycles. The van der Waals surface area contributed by atoms with Gasteiger partial charge in [0.25, 0.3) is 5.91 Å². The van der Waals surface area contributed by atoms with Gasteiger partial charge in [-0.3, -0.25) is 9.59 Å². The summed E-state index contributed by atoms with van der Waals surface area (Å²) in [5.74, 6) is -1.84. The first-order valence-corrected chi connectivity index (χ1v) is 4.60. The zero-order valence-corrected chi connectivity index (χ0v) is 8.43. The fraction of sp³-hybridized carbons (Fsp3) is 0.200. The van der Waals surface area contributed by atoms with Gasteiger partial charge in [-0.05, 0) is 12.1 Å². The van der Waals surface area contributed by atoms with Crippen molar-refractivity contribution in [2.45, 2.75) is 6.42 Å². The lowest BCUT2D eigenvalue weighted by Crippen LogP contribution is -2.27. The molecule has 86 valence electrons. The minimum Gasteiger partial charge on any atom is -0.507 e. The average Bonchev–Trinajstić information content (AvgIpc) is 2.16. The van der Waals surface area contributed by atoms with Crippen LogP contribution in [0.25, 0.3) is 0 Å². The number of amides is 2. The number of phenols is 2. The van der Waals surface area contributed by atoms with Crippen molar-refractivity contribution in [3.05, 3.63) is 23.8 Å². The summed E-state index contributed by atoms with van der Waals surface area (Å²) in [6, 6.07) is 3.97. The van der Waals surface area contributed by atoms with Gasteiger partial charge in [0.2, 0.25) is 5.91 Å². The molecular formula is C10H12N2O4. The number of primary amides is 1. The van der Waals surface area contributed by atoms with Crippen LogP contribution in [0.5, 0.6) is 11.5 Å². The van der Waals surface area contributed by atoms with Gasteiger partial charge in [0.1, 0.15) is 17.1 Å². The predicted octanol–water partition coefficient (Wildman–Crippen LogP) is -0.297. The minimum atomic E-state index is -0.656. The van der Waals surface area contributed by atoms with E-state index in [1.807, 2.05) is 0 Å². The van der Waals surface area contributed by atoms with Gasteiger partial charge in [0, 0.05) is 13.0 Å². The summed E-state index contributed by atoms with van der Waals surface area (Å²) in [4.78, 5) is 21.9. The normalized spacial score (nSPS) is 9.75. The first-order chi connectivity index (χ1) is 7.52. The van der Waals surface area contributed by atoms with Gasteiger partial charge in [-0.15, -0.1) is 0 Å². The number of hydrogen-bond acceptors (Lipinski definition) is 4. The maximum absolute atomic E-state index is 11.5. The van der Waals surface area contributed by atoms with Crippen LogP contribution in [0.4, 0.5) is 0 Å². The third-order valence-corrected chi connectivity index (χ3v) is 1.90. The van der Waals surface area contributed by atoms with E-state index in [2.05, 4.69) is 5.32 Å². The Labute approximate surface area is 91.7 Å². The van der Waals surface area contributed by atoms with Crippen molar-refractivity contribution in [3.63, 3.8) is 0 Å². The van der Waals surface area contributed by atoms with Crippen molar-refractivity contribution in [1.82, 2.24) is 5.32 Å². The highest BCUT2D eigenvalue weighted by atomic mass is 16.3. The number of hydrogen-bond donors (Lipinski definition) is 4. The van der Waals surface area contributed by atoms with Gasteiger partial charge in [-0.1, -0.05) is 6.07 Å². The van der Waals surface area contributed by atoms with Crippen LogP contribution in [0.1, 0.15) is 16.8 Å². The smallest absolute Gasteiger partial charge is 0.258 e. The predicted molar refractivity (Wildman–Crippen MR) is 55.9 cm³/mol. The van der Waals surface area contributed by atoms with Crippen molar-refractivity contribution < 1.29 is 19.8 Å². The van der Waals surface area contributed by atoms with Crippen molar-refractivity contribution in [2.24, 2.45) is 5.73 Å². The summed E-state index contributed by atoms with van der Waals surface area (Å²) in [6.07, 6.45) is 0.0000966. The molecule has 0 fully saturated rings. The van der Waals surface area contributed by atoms with E-state index in [-0.39, 0.29) is 30.0 Å². The standard InChI is InChI=1S/C10H12N2O4/c11-8(15)4-5-12-10(16)9-6(13)2-1-3-7(9)14/h1-3,13-14H,4-5H2,(H2,11,15)(H,12,16). The number of carbonyl (C=O) groups excluding carboxylic acids is 2. The average molecular weight is 224 g/mol. The van der Waals surface area contributed by atoms with Crippen LogP contribution in [0, 0.1) is 0 Å². The molecule has 1 aromatic rings. The Morgan fingerprint density at radius 3 is 2.31 bits per heavy atom. The van der Waals surface area contributed by atoms with Crippen LogP contribution >= 0.6 is 0 Å². The number of phenolic OH excluding ortho intramolecular Hbond substituents is 2. The quantitative estimate of drug-likeness (QED) is 0.562. The Morgan fingerprint density at radius 1 is 1.25 bits per heavy atom. The van der Waals surface area contributed by atoms with Gasteiger partial charge in [0.05, 0.1) is 0 Å². The van der Waals surface area contributed by atoms with E-state index >= 15 is 0 Å². The van der Waals surface area contributed by atoms with Gasteiger partial charge < -0.3 is 21.3 Å². The maximum Gasteiger partial charge on any atom is 0.258 e. The van der Waals surface area contributed by atoms with Gasteiger partial charge in [0.15, 0.2) is 0 Å². The Bertz CT molecular complexity index is 397. The van der Waals surface area contributed by atoms with E-state index in [4.69, 9.17) is 5.73 Å². The van der Waals surface area contributed by atoms with E-state index in [1.54, 1.807) is 0 Å². The number of rotatable bonds is 4. The molecule has 6 nitrogen and oxygen atoms in total. The lowest BCUT2D eigenvalue weighted by atomic mass is 10.1. The number of aromatic hydroxyl groups is 2. The lowest BCUT2D eigenvalue weighted by Gasteiger charge is -2.07. The molecule has 0 radical (unpaired) electrons. The largest absolute Gasteiger partial charge is 0.507 e. The number of carbonyl (C=O) groups is 2. The fourth-order valence-electron chi connectivity index (χ4n) is 1.15. The van der Waals surface area contributed by atoms with Crippen LogP contribution in [0.15, 0.2) is 18.2 Å². The number of nitrogens with two attached hydrogens (primary N) is 1. The monoisotopic (exact) mass is 224 g/mol. The van der Waals surface area contributed by atoms with Crippen LogP contribution in [-0.2, 0) is 4.79 Å². The highest BCUT2D eigenvalue weighted by Crippen LogP contribution is 2.25. The summed E-state index contributed by atoms with van der Waals surface area (Å²) in [5, 5.41) is 21.1. The second kappa shape index (κ2) is 5.01. The third kappa shape index (κ3) is 2.88. The zero-order chi connectivity index (χ0) is 12.1. The molecule has 0 spiro atoms. The molecule has 1 rings (SSSR count). The van der Waals surface area contributed by atoms with Crippen LogP contribution in [0.3, 0.4) is 0 Å². The first-order valence-electron chi connectivity index (χ1n) is 4.60. The lowest BCUT2D eigenvalue weighted by molar-refractivity contribution is -0.117. The summed E-state index contributed by atoms with van der Waals surface area (Å²) in [5.41, 5.74) is 4.67. The van der Waals surface area contributed by atoms with Crippen LogP contribution in [-0.4, -0.2) is 28.6 Å². The first kappa shape index (κ1) is 11.8. The molecule has 0 aliphatic rings. The summed E-state index contributed by atoms with van der Waals surface area (Å²) >= 11 is 0. The summed E-state index contributed by atoms with van der Waals surface area (Å²) < 4.78 is 0. The molecule has 0 bridgehead atoms. The molecule has 16 heavy (non-hydrogen) atoms. The molecule has 0 unspecified atom stereocenters. The van der Waals surface area contributed by atoms with Crippen LogP contribution < -0.4 is 11.1 Å². The highest BCUT2D eigenvalue weighted by Gasteiger charge is 2.15. The fourth-order valence-corrected chi connectivity index (χ4v) is 1.15. The summed E-state index contributed by atoms with van der Waals surface area (Å²) in [6.45, 7) is 0.0575. The molecule has 0 atom stereocenters. The zero-order valence-electron chi connectivity index (χ0n) is 8.43. The Morgan fingerprint density at radius 2 is 1.81 bits per heavy atom. The van der Waals surface area contributed by atoms with Crippen molar-refractivity contribution in [3.8, 4) is 11.5 Å². The van der Waals surface area contributed by atoms with E-state index in [0.717, 1.165) is 0 Å². The highest BCUT2D eigenvalue weighted by molar-refractivity contribution is 5.99. The second-order valence-electron chi connectivity index (χ2n) is 3.14. The van der Waals surface area contributed by atoms with E-state index in [0.29, 0.717) is 0 Å². The van der Waals surface area contributed by atoms with E-state index < -0.39 is 11.8 Å². The molecule has 2 amide bonds. The van der Waals surface area contributed by atoms with Crippen molar-refractivity contribution in [2.75, 3.05) is 6.54 Å².